The molecular formula is C9H15ClO2. The van der Waals surface area contributed by atoms with E-state index in [0.717, 1.165) is 12.8 Å². The zero-order valence-electron chi connectivity index (χ0n) is 7.13. The zero-order valence-corrected chi connectivity index (χ0v) is 7.89. The van der Waals surface area contributed by atoms with E-state index in [1.807, 2.05) is 0 Å². The molecule has 0 bridgehead atoms. The van der Waals surface area contributed by atoms with E-state index >= 15 is 0 Å². The van der Waals surface area contributed by atoms with Crippen molar-refractivity contribution in [2.24, 2.45) is 5.92 Å². The van der Waals surface area contributed by atoms with Crippen LogP contribution < -0.4 is 0 Å². The van der Waals surface area contributed by atoms with Crippen LogP contribution in [0.25, 0.3) is 0 Å². The number of aliphatic carboxylic acids is 1. The third-order valence-corrected chi connectivity index (χ3v) is 2.90. The summed E-state index contributed by atoms with van der Waals surface area (Å²) in [5.41, 5.74) is 0. The Morgan fingerprint density at radius 1 is 1.42 bits per heavy atom. The fourth-order valence-corrected chi connectivity index (χ4v) is 2.07. The van der Waals surface area contributed by atoms with Crippen molar-refractivity contribution in [1.29, 1.82) is 0 Å². The van der Waals surface area contributed by atoms with Crippen molar-refractivity contribution in [2.45, 2.75) is 43.9 Å². The first-order valence-electron chi connectivity index (χ1n) is 4.57. The van der Waals surface area contributed by atoms with Crippen LogP contribution in [0.5, 0.6) is 0 Å². The standard InChI is InChI=1S/C9H15ClO2/c10-8(9(11)12)6-7-4-2-1-3-5-7/h7-8H,1-6H2,(H,11,12)/t8-/m1/s1. The van der Waals surface area contributed by atoms with Crippen LogP contribution in [0.3, 0.4) is 0 Å². The van der Waals surface area contributed by atoms with Gasteiger partial charge in [0.1, 0.15) is 5.38 Å². The molecule has 1 aliphatic rings. The lowest BCUT2D eigenvalue weighted by Gasteiger charge is -2.22. The Morgan fingerprint density at radius 2 is 2.00 bits per heavy atom. The molecule has 70 valence electrons. The lowest BCUT2D eigenvalue weighted by molar-refractivity contribution is -0.137. The molecule has 0 saturated heterocycles. The Bertz CT molecular complexity index is 153. The monoisotopic (exact) mass is 190 g/mol. The number of carboxylic acid groups (broad SMARTS) is 1. The molecule has 3 heteroatoms. The van der Waals surface area contributed by atoms with Crippen molar-refractivity contribution in [3.63, 3.8) is 0 Å². The summed E-state index contributed by atoms with van der Waals surface area (Å²) < 4.78 is 0. The molecule has 1 N–H and O–H groups in total. The molecule has 0 spiro atoms. The van der Waals surface area contributed by atoms with E-state index in [2.05, 4.69) is 0 Å². The summed E-state index contributed by atoms with van der Waals surface area (Å²) >= 11 is 5.65. The Kier molecular flexibility index (Phi) is 3.86. The fourth-order valence-electron chi connectivity index (χ4n) is 1.82. The second-order valence-electron chi connectivity index (χ2n) is 3.55. The Hall–Kier alpha value is -0.240. The van der Waals surface area contributed by atoms with Gasteiger partial charge in [0.05, 0.1) is 0 Å². The van der Waals surface area contributed by atoms with Gasteiger partial charge in [-0.3, -0.25) is 4.79 Å². The minimum absolute atomic E-state index is 0.553. The van der Waals surface area contributed by atoms with Crippen LogP contribution in [0, 0.1) is 5.92 Å². The van der Waals surface area contributed by atoms with Gasteiger partial charge in [0.15, 0.2) is 0 Å². The van der Waals surface area contributed by atoms with Gasteiger partial charge in [-0.05, 0) is 12.3 Å². The molecule has 1 rings (SSSR count). The number of alkyl halides is 1. The summed E-state index contributed by atoms with van der Waals surface area (Å²) in [6.45, 7) is 0. The van der Waals surface area contributed by atoms with E-state index in [1.165, 1.54) is 19.3 Å². The topological polar surface area (TPSA) is 37.3 Å². The highest BCUT2D eigenvalue weighted by atomic mass is 35.5. The summed E-state index contributed by atoms with van der Waals surface area (Å²) in [5.74, 6) is -0.320. The van der Waals surface area contributed by atoms with Gasteiger partial charge in [-0.15, -0.1) is 11.6 Å². The van der Waals surface area contributed by atoms with Crippen molar-refractivity contribution in [3.05, 3.63) is 0 Å². The molecule has 0 aliphatic heterocycles. The van der Waals surface area contributed by atoms with Crippen LogP contribution in [-0.4, -0.2) is 16.5 Å². The Labute approximate surface area is 77.9 Å². The first-order valence-corrected chi connectivity index (χ1v) is 5.00. The lowest BCUT2D eigenvalue weighted by Crippen LogP contribution is -2.19. The molecule has 0 amide bonds. The van der Waals surface area contributed by atoms with Crippen LogP contribution in [-0.2, 0) is 4.79 Å². The second kappa shape index (κ2) is 4.70. The van der Waals surface area contributed by atoms with Crippen molar-refractivity contribution in [2.75, 3.05) is 0 Å². The van der Waals surface area contributed by atoms with Gasteiger partial charge in [-0.25, -0.2) is 0 Å². The number of carboxylic acids is 1. The van der Waals surface area contributed by atoms with Crippen molar-refractivity contribution in [3.8, 4) is 0 Å². The maximum Gasteiger partial charge on any atom is 0.321 e. The van der Waals surface area contributed by atoms with E-state index in [4.69, 9.17) is 16.7 Å². The summed E-state index contributed by atoms with van der Waals surface area (Å²) in [6, 6.07) is 0. The highest BCUT2D eigenvalue weighted by Gasteiger charge is 2.21. The minimum atomic E-state index is -0.873. The van der Waals surface area contributed by atoms with Gasteiger partial charge in [-0.1, -0.05) is 32.1 Å². The summed E-state index contributed by atoms with van der Waals surface area (Å²) in [6.07, 6.45) is 6.77. The van der Waals surface area contributed by atoms with Crippen molar-refractivity contribution >= 4 is 17.6 Å². The zero-order chi connectivity index (χ0) is 8.97. The SMILES string of the molecule is O=C(O)[C@H](Cl)CC1CCCCC1. The van der Waals surface area contributed by atoms with Gasteiger partial charge in [0.25, 0.3) is 0 Å². The molecule has 2 nitrogen and oxygen atoms in total. The molecule has 0 radical (unpaired) electrons. The van der Waals surface area contributed by atoms with Gasteiger partial charge in [0, 0.05) is 0 Å². The summed E-state index contributed by atoms with van der Waals surface area (Å²) in [7, 11) is 0. The predicted molar refractivity (Wildman–Crippen MR) is 48.5 cm³/mol. The predicted octanol–water partition coefficient (Wildman–Crippen LogP) is 2.65. The normalized spacial score (nSPS) is 22.1. The molecule has 0 heterocycles. The number of hydrogen-bond donors (Lipinski definition) is 1. The molecule has 1 fully saturated rings. The minimum Gasteiger partial charge on any atom is -0.480 e. The maximum atomic E-state index is 10.4. The van der Waals surface area contributed by atoms with E-state index in [0.29, 0.717) is 12.3 Å². The van der Waals surface area contributed by atoms with Gasteiger partial charge in [0.2, 0.25) is 0 Å². The number of halogens is 1. The molecule has 0 aromatic heterocycles. The third kappa shape index (κ3) is 3.02. The van der Waals surface area contributed by atoms with Crippen LogP contribution >= 0.6 is 11.6 Å². The average molecular weight is 191 g/mol. The molecular weight excluding hydrogens is 176 g/mol. The molecule has 1 atom stereocenters. The second-order valence-corrected chi connectivity index (χ2v) is 4.07. The van der Waals surface area contributed by atoms with Crippen LogP contribution in [0.1, 0.15) is 38.5 Å². The molecule has 1 saturated carbocycles. The fraction of sp³-hybridized carbons (Fsp3) is 0.889. The first-order chi connectivity index (χ1) is 5.70. The number of carbonyl (C=O) groups is 1. The maximum absolute atomic E-state index is 10.4. The molecule has 0 unspecified atom stereocenters. The Balaban J connectivity index is 2.24. The largest absolute Gasteiger partial charge is 0.480 e. The van der Waals surface area contributed by atoms with Crippen LogP contribution in [0.15, 0.2) is 0 Å². The molecule has 12 heavy (non-hydrogen) atoms. The highest BCUT2D eigenvalue weighted by molar-refractivity contribution is 6.29. The molecule has 1 aliphatic carbocycles. The smallest absolute Gasteiger partial charge is 0.321 e. The van der Waals surface area contributed by atoms with E-state index < -0.39 is 11.3 Å². The van der Waals surface area contributed by atoms with E-state index in [-0.39, 0.29) is 0 Å². The van der Waals surface area contributed by atoms with E-state index in [9.17, 15) is 4.79 Å². The summed E-state index contributed by atoms with van der Waals surface area (Å²) in [5, 5.41) is 7.91. The first kappa shape index (κ1) is 9.85. The quantitative estimate of drug-likeness (QED) is 0.695. The number of rotatable bonds is 3. The molecule has 0 aromatic rings. The van der Waals surface area contributed by atoms with E-state index in [1.54, 1.807) is 0 Å². The average Bonchev–Trinajstić information content (AvgIpc) is 2.06. The van der Waals surface area contributed by atoms with Crippen LogP contribution in [0.4, 0.5) is 0 Å². The third-order valence-electron chi connectivity index (χ3n) is 2.53. The van der Waals surface area contributed by atoms with Crippen molar-refractivity contribution in [1.82, 2.24) is 0 Å². The Morgan fingerprint density at radius 3 is 2.50 bits per heavy atom. The van der Waals surface area contributed by atoms with Crippen molar-refractivity contribution < 1.29 is 9.90 Å². The van der Waals surface area contributed by atoms with Crippen LogP contribution in [0.2, 0.25) is 0 Å². The van der Waals surface area contributed by atoms with Gasteiger partial charge >= 0.3 is 5.97 Å². The molecule has 0 aromatic carbocycles. The van der Waals surface area contributed by atoms with Gasteiger partial charge < -0.3 is 5.11 Å². The number of hydrogen-bond acceptors (Lipinski definition) is 1. The lowest BCUT2D eigenvalue weighted by atomic mass is 9.86. The summed E-state index contributed by atoms with van der Waals surface area (Å²) in [4.78, 5) is 10.4. The van der Waals surface area contributed by atoms with Gasteiger partial charge in [-0.2, -0.15) is 0 Å². The highest BCUT2D eigenvalue weighted by Crippen LogP contribution is 2.28.